The van der Waals surface area contributed by atoms with E-state index in [0.717, 1.165) is 25.7 Å². The van der Waals surface area contributed by atoms with Crippen LogP contribution in [0.2, 0.25) is 0 Å². The first-order valence-corrected chi connectivity index (χ1v) is 7.37. The summed E-state index contributed by atoms with van der Waals surface area (Å²) in [5.74, 6) is 0. The molecule has 0 amide bonds. The van der Waals surface area contributed by atoms with Crippen molar-refractivity contribution in [1.29, 1.82) is 0 Å². The standard InChI is InChI=1S/C10H24N2O4S/c1-3-5-7-9(11)15-17(13,14)16-10(12)8-6-4-2/h9-10H,3-8,11-12H2,1-2H3. The fraction of sp³-hybridized carbons (Fsp3) is 1.00. The van der Waals surface area contributed by atoms with E-state index in [2.05, 4.69) is 8.37 Å². The third kappa shape index (κ3) is 9.49. The second-order valence-corrected chi connectivity index (χ2v) is 5.16. The largest absolute Gasteiger partial charge is 0.402 e. The third-order valence-corrected chi connectivity index (χ3v) is 3.13. The van der Waals surface area contributed by atoms with Gasteiger partial charge in [0.05, 0.1) is 0 Å². The SMILES string of the molecule is CCCCC(N)OS(=O)(=O)OC(N)CCCC. The van der Waals surface area contributed by atoms with Crippen LogP contribution in [0.1, 0.15) is 52.4 Å². The van der Waals surface area contributed by atoms with Crippen molar-refractivity contribution in [2.24, 2.45) is 11.5 Å². The molecular formula is C10H24N2O4S. The van der Waals surface area contributed by atoms with Crippen LogP contribution in [0.15, 0.2) is 0 Å². The van der Waals surface area contributed by atoms with Crippen molar-refractivity contribution in [3.8, 4) is 0 Å². The molecule has 0 spiro atoms. The van der Waals surface area contributed by atoms with E-state index in [-0.39, 0.29) is 0 Å². The molecule has 0 aromatic carbocycles. The van der Waals surface area contributed by atoms with Crippen molar-refractivity contribution in [3.05, 3.63) is 0 Å². The molecule has 2 unspecified atom stereocenters. The maximum atomic E-state index is 11.4. The quantitative estimate of drug-likeness (QED) is 0.577. The van der Waals surface area contributed by atoms with Crippen molar-refractivity contribution < 1.29 is 16.8 Å². The molecule has 0 aliphatic carbocycles. The zero-order chi connectivity index (χ0) is 13.3. The molecule has 0 aliphatic rings. The Hall–Kier alpha value is -0.210. The molecule has 0 saturated carbocycles. The molecule has 0 saturated heterocycles. The van der Waals surface area contributed by atoms with Crippen molar-refractivity contribution in [2.45, 2.75) is 64.8 Å². The summed E-state index contributed by atoms with van der Waals surface area (Å²) in [7, 11) is -4.09. The molecule has 4 N–H and O–H groups in total. The Kier molecular flexibility index (Phi) is 8.71. The number of hydrogen-bond donors (Lipinski definition) is 2. The van der Waals surface area contributed by atoms with Crippen LogP contribution >= 0.6 is 0 Å². The summed E-state index contributed by atoms with van der Waals surface area (Å²) >= 11 is 0. The predicted octanol–water partition coefficient (Wildman–Crippen LogP) is 1.21. The molecule has 7 heteroatoms. The number of unbranched alkanes of at least 4 members (excludes halogenated alkanes) is 2. The van der Waals surface area contributed by atoms with Crippen LogP contribution in [0.3, 0.4) is 0 Å². The van der Waals surface area contributed by atoms with Gasteiger partial charge in [-0.1, -0.05) is 26.7 Å². The van der Waals surface area contributed by atoms with E-state index >= 15 is 0 Å². The Labute approximate surface area is 104 Å². The minimum Gasteiger partial charge on any atom is -0.305 e. The van der Waals surface area contributed by atoms with Crippen LogP contribution in [0, 0.1) is 0 Å². The van der Waals surface area contributed by atoms with E-state index in [1.165, 1.54) is 0 Å². The summed E-state index contributed by atoms with van der Waals surface area (Å²) in [6, 6.07) is 0. The lowest BCUT2D eigenvalue weighted by atomic mass is 10.2. The maximum Gasteiger partial charge on any atom is 0.402 e. The lowest BCUT2D eigenvalue weighted by Crippen LogP contribution is -2.33. The van der Waals surface area contributed by atoms with E-state index in [0.29, 0.717) is 12.8 Å². The smallest absolute Gasteiger partial charge is 0.305 e. The Morgan fingerprint density at radius 2 is 1.29 bits per heavy atom. The summed E-state index contributed by atoms with van der Waals surface area (Å²) in [5, 5.41) is 0. The van der Waals surface area contributed by atoms with Crippen molar-refractivity contribution in [3.63, 3.8) is 0 Å². The Morgan fingerprint density at radius 1 is 0.941 bits per heavy atom. The van der Waals surface area contributed by atoms with Crippen molar-refractivity contribution >= 4 is 10.4 Å². The van der Waals surface area contributed by atoms with Gasteiger partial charge in [0, 0.05) is 0 Å². The zero-order valence-electron chi connectivity index (χ0n) is 10.6. The topological polar surface area (TPSA) is 105 Å². The fourth-order valence-electron chi connectivity index (χ4n) is 1.23. The average Bonchev–Trinajstić information content (AvgIpc) is 2.22. The van der Waals surface area contributed by atoms with Gasteiger partial charge in [0.1, 0.15) is 12.5 Å². The first-order chi connectivity index (χ1) is 7.91. The molecule has 0 bridgehead atoms. The molecule has 0 aromatic rings. The van der Waals surface area contributed by atoms with Gasteiger partial charge in [-0.3, -0.25) is 0 Å². The lowest BCUT2D eigenvalue weighted by molar-refractivity contribution is 0.118. The maximum absolute atomic E-state index is 11.4. The van der Waals surface area contributed by atoms with Crippen LogP contribution < -0.4 is 11.5 Å². The summed E-state index contributed by atoms with van der Waals surface area (Å²) in [5.41, 5.74) is 11.0. The molecule has 2 atom stereocenters. The zero-order valence-corrected chi connectivity index (χ0v) is 11.4. The Balaban J connectivity index is 4.01. The molecule has 104 valence electrons. The minimum absolute atomic E-state index is 0.475. The van der Waals surface area contributed by atoms with Gasteiger partial charge in [-0.05, 0) is 25.7 Å². The van der Waals surface area contributed by atoms with Gasteiger partial charge < -0.3 is 11.5 Å². The summed E-state index contributed by atoms with van der Waals surface area (Å²) in [4.78, 5) is 0. The second kappa shape index (κ2) is 8.82. The summed E-state index contributed by atoms with van der Waals surface area (Å²) in [6.07, 6.45) is 2.68. The van der Waals surface area contributed by atoms with Gasteiger partial charge in [0.2, 0.25) is 0 Å². The molecular weight excluding hydrogens is 244 g/mol. The van der Waals surface area contributed by atoms with Crippen molar-refractivity contribution in [2.75, 3.05) is 0 Å². The van der Waals surface area contributed by atoms with E-state index in [1.54, 1.807) is 0 Å². The summed E-state index contributed by atoms with van der Waals surface area (Å²) in [6.45, 7) is 3.97. The number of rotatable bonds is 10. The molecule has 6 nitrogen and oxygen atoms in total. The highest BCUT2D eigenvalue weighted by atomic mass is 32.3. The van der Waals surface area contributed by atoms with Gasteiger partial charge in [-0.25, -0.2) is 8.37 Å². The van der Waals surface area contributed by atoms with Crippen LogP contribution in [0.4, 0.5) is 0 Å². The first kappa shape index (κ1) is 16.8. The van der Waals surface area contributed by atoms with Crippen LogP contribution in [0.5, 0.6) is 0 Å². The van der Waals surface area contributed by atoms with Gasteiger partial charge in [0.15, 0.2) is 0 Å². The molecule has 0 aromatic heterocycles. The highest BCUT2D eigenvalue weighted by molar-refractivity contribution is 7.81. The van der Waals surface area contributed by atoms with Crippen molar-refractivity contribution in [1.82, 2.24) is 0 Å². The van der Waals surface area contributed by atoms with E-state index in [4.69, 9.17) is 11.5 Å². The average molecular weight is 268 g/mol. The second-order valence-electron chi connectivity index (χ2n) is 3.96. The molecule has 0 aliphatic heterocycles. The van der Waals surface area contributed by atoms with E-state index in [9.17, 15) is 8.42 Å². The molecule has 0 fully saturated rings. The Bertz CT molecular complexity index is 260. The number of nitrogens with two attached hydrogens (primary N) is 2. The minimum atomic E-state index is -4.09. The van der Waals surface area contributed by atoms with Gasteiger partial charge in [0.25, 0.3) is 0 Å². The third-order valence-electron chi connectivity index (χ3n) is 2.17. The predicted molar refractivity (Wildman–Crippen MR) is 66.1 cm³/mol. The van der Waals surface area contributed by atoms with Gasteiger partial charge in [-0.15, -0.1) is 0 Å². The molecule has 0 rings (SSSR count). The van der Waals surface area contributed by atoms with E-state index in [1.807, 2.05) is 13.8 Å². The molecule has 17 heavy (non-hydrogen) atoms. The van der Waals surface area contributed by atoms with Crippen LogP contribution in [0.25, 0.3) is 0 Å². The van der Waals surface area contributed by atoms with Gasteiger partial charge in [-0.2, -0.15) is 8.42 Å². The highest BCUT2D eigenvalue weighted by Gasteiger charge is 2.20. The summed E-state index contributed by atoms with van der Waals surface area (Å²) < 4.78 is 32.0. The van der Waals surface area contributed by atoms with Crippen LogP contribution in [-0.2, 0) is 18.8 Å². The Morgan fingerprint density at radius 3 is 1.59 bits per heavy atom. The number of hydrogen-bond acceptors (Lipinski definition) is 6. The monoisotopic (exact) mass is 268 g/mol. The molecule has 0 radical (unpaired) electrons. The first-order valence-electron chi connectivity index (χ1n) is 6.04. The molecule has 0 heterocycles. The van der Waals surface area contributed by atoms with E-state index < -0.39 is 22.9 Å². The van der Waals surface area contributed by atoms with Gasteiger partial charge >= 0.3 is 10.4 Å². The fourth-order valence-corrected chi connectivity index (χ4v) is 2.08. The van der Waals surface area contributed by atoms with Crippen LogP contribution in [-0.4, -0.2) is 20.9 Å². The lowest BCUT2D eigenvalue weighted by Gasteiger charge is -2.15. The highest BCUT2D eigenvalue weighted by Crippen LogP contribution is 2.09. The normalized spacial score (nSPS) is 15.8.